The topological polar surface area (TPSA) is 108 Å². The van der Waals surface area contributed by atoms with Gasteiger partial charge in [-0.2, -0.15) is 4.98 Å². The minimum absolute atomic E-state index is 0.155. The van der Waals surface area contributed by atoms with Crippen molar-refractivity contribution in [2.24, 2.45) is 5.73 Å². The monoisotopic (exact) mass is 249 g/mol. The molecule has 0 bridgehead atoms. The molecule has 0 aromatic carbocycles. The molecule has 0 radical (unpaired) electrons. The van der Waals surface area contributed by atoms with E-state index in [0.29, 0.717) is 18.9 Å². The van der Waals surface area contributed by atoms with Crippen LogP contribution in [-0.4, -0.2) is 44.6 Å². The van der Waals surface area contributed by atoms with Crippen LogP contribution >= 0.6 is 0 Å². The predicted molar refractivity (Wildman–Crippen MR) is 56.4 cm³/mol. The lowest BCUT2D eigenvalue weighted by Crippen LogP contribution is -2.28. The maximum atomic E-state index is 11.0. The Kier molecular flexibility index (Phi) is 4.39. The normalized spacial score (nSPS) is 13.9. The number of rotatable bonds is 6. The average Bonchev–Trinajstić information content (AvgIpc) is 2.49. The summed E-state index contributed by atoms with van der Waals surface area (Å²) in [5.41, 5.74) is 5.68. The molecule has 1 aromatic heterocycles. The third kappa shape index (κ3) is 4.69. The highest BCUT2D eigenvalue weighted by atomic mass is 32.2. The Morgan fingerprint density at radius 2 is 2.25 bits per heavy atom. The van der Waals surface area contributed by atoms with E-state index in [-0.39, 0.29) is 17.6 Å². The first-order valence-electron chi connectivity index (χ1n) is 4.64. The van der Waals surface area contributed by atoms with Crippen LogP contribution in [0.25, 0.3) is 0 Å². The van der Waals surface area contributed by atoms with E-state index in [0.717, 1.165) is 6.26 Å². The standard InChI is InChI=1S/C8H15N3O4S/c1-14-4-6(9)3-8-10-7(11-15-8)5-16(2,12)13/h6H,3-5,9H2,1-2H3. The van der Waals surface area contributed by atoms with Gasteiger partial charge in [-0.05, 0) is 0 Å². The number of hydrogen-bond donors (Lipinski definition) is 1. The van der Waals surface area contributed by atoms with Gasteiger partial charge in [-0.1, -0.05) is 5.16 Å². The Bertz CT molecular complexity index is 428. The molecule has 2 N–H and O–H groups in total. The summed E-state index contributed by atoms with van der Waals surface area (Å²) in [4.78, 5) is 3.93. The minimum atomic E-state index is -3.14. The van der Waals surface area contributed by atoms with Crippen LogP contribution in [0.15, 0.2) is 4.52 Å². The number of nitrogens with two attached hydrogens (primary N) is 1. The number of ether oxygens (including phenoxy) is 1. The molecule has 1 unspecified atom stereocenters. The molecule has 16 heavy (non-hydrogen) atoms. The Hall–Kier alpha value is -0.990. The van der Waals surface area contributed by atoms with Crippen LogP contribution in [0.3, 0.4) is 0 Å². The fourth-order valence-corrected chi connectivity index (χ4v) is 1.75. The van der Waals surface area contributed by atoms with Gasteiger partial charge in [0.2, 0.25) is 5.89 Å². The Balaban J connectivity index is 2.58. The second kappa shape index (κ2) is 5.37. The van der Waals surface area contributed by atoms with Crippen LogP contribution in [0, 0.1) is 0 Å². The molecule has 8 heteroatoms. The van der Waals surface area contributed by atoms with E-state index >= 15 is 0 Å². The van der Waals surface area contributed by atoms with Gasteiger partial charge in [-0.25, -0.2) is 8.42 Å². The zero-order valence-electron chi connectivity index (χ0n) is 9.21. The molecule has 7 nitrogen and oxygen atoms in total. The van der Waals surface area contributed by atoms with Gasteiger partial charge >= 0.3 is 0 Å². The van der Waals surface area contributed by atoms with Crippen LogP contribution in [0.2, 0.25) is 0 Å². The summed E-state index contributed by atoms with van der Waals surface area (Å²) in [6, 6.07) is -0.239. The maximum Gasteiger partial charge on any atom is 0.228 e. The van der Waals surface area contributed by atoms with Crippen molar-refractivity contribution >= 4 is 9.84 Å². The van der Waals surface area contributed by atoms with Crippen LogP contribution in [0.1, 0.15) is 11.7 Å². The van der Waals surface area contributed by atoms with Gasteiger partial charge in [-0.3, -0.25) is 0 Å². The summed E-state index contributed by atoms with van der Waals surface area (Å²) in [6.07, 6.45) is 1.48. The summed E-state index contributed by atoms with van der Waals surface area (Å²) >= 11 is 0. The van der Waals surface area contributed by atoms with E-state index in [1.807, 2.05) is 0 Å². The molecular formula is C8H15N3O4S. The van der Waals surface area contributed by atoms with Gasteiger partial charge in [-0.15, -0.1) is 0 Å². The van der Waals surface area contributed by atoms with Gasteiger partial charge in [0.05, 0.1) is 6.61 Å². The molecule has 0 aliphatic rings. The minimum Gasteiger partial charge on any atom is -0.383 e. The van der Waals surface area contributed by atoms with Crippen LogP contribution < -0.4 is 5.73 Å². The zero-order valence-corrected chi connectivity index (χ0v) is 10.0. The van der Waals surface area contributed by atoms with E-state index in [9.17, 15) is 8.42 Å². The molecule has 0 spiro atoms. The number of sulfone groups is 1. The maximum absolute atomic E-state index is 11.0. The van der Waals surface area contributed by atoms with Crippen molar-refractivity contribution in [2.75, 3.05) is 20.0 Å². The highest BCUT2D eigenvalue weighted by molar-refractivity contribution is 7.89. The quantitative estimate of drug-likeness (QED) is 0.698. The lowest BCUT2D eigenvalue weighted by atomic mass is 10.2. The van der Waals surface area contributed by atoms with Gasteiger partial charge in [0.1, 0.15) is 5.75 Å². The van der Waals surface area contributed by atoms with Gasteiger partial charge in [0.15, 0.2) is 15.7 Å². The van der Waals surface area contributed by atoms with Crippen molar-refractivity contribution in [3.05, 3.63) is 11.7 Å². The molecule has 0 saturated carbocycles. The molecule has 1 aromatic rings. The molecule has 0 fully saturated rings. The molecule has 0 aliphatic heterocycles. The van der Waals surface area contributed by atoms with Crippen molar-refractivity contribution < 1.29 is 17.7 Å². The van der Waals surface area contributed by atoms with Crippen LogP contribution in [0.5, 0.6) is 0 Å². The molecule has 92 valence electrons. The fraction of sp³-hybridized carbons (Fsp3) is 0.750. The Morgan fingerprint density at radius 1 is 1.56 bits per heavy atom. The molecule has 0 saturated heterocycles. The highest BCUT2D eigenvalue weighted by Gasteiger charge is 2.14. The lowest BCUT2D eigenvalue weighted by molar-refractivity contribution is 0.176. The lowest BCUT2D eigenvalue weighted by Gasteiger charge is -2.05. The van der Waals surface area contributed by atoms with Crippen LogP contribution in [-0.2, 0) is 26.7 Å². The number of nitrogens with zero attached hydrogens (tertiary/aromatic N) is 2. The second-order valence-electron chi connectivity index (χ2n) is 3.59. The molecular weight excluding hydrogens is 234 g/mol. The summed E-state index contributed by atoms with van der Waals surface area (Å²) in [6.45, 7) is 0.379. The average molecular weight is 249 g/mol. The van der Waals surface area contributed by atoms with Crippen molar-refractivity contribution in [3.8, 4) is 0 Å². The van der Waals surface area contributed by atoms with Crippen molar-refractivity contribution in [1.82, 2.24) is 10.1 Å². The first kappa shape index (κ1) is 13.1. The van der Waals surface area contributed by atoms with E-state index < -0.39 is 9.84 Å². The third-order valence-corrected chi connectivity index (χ3v) is 2.50. The van der Waals surface area contributed by atoms with Crippen molar-refractivity contribution in [1.29, 1.82) is 0 Å². The fourth-order valence-electron chi connectivity index (χ4n) is 1.16. The van der Waals surface area contributed by atoms with Gasteiger partial charge in [0, 0.05) is 25.8 Å². The Labute approximate surface area is 93.9 Å². The first-order valence-corrected chi connectivity index (χ1v) is 6.70. The SMILES string of the molecule is COCC(N)Cc1nc(CS(C)(=O)=O)no1. The summed E-state index contributed by atoms with van der Waals surface area (Å²) in [7, 11) is -1.60. The smallest absolute Gasteiger partial charge is 0.228 e. The summed E-state index contributed by atoms with van der Waals surface area (Å²) in [5, 5.41) is 3.55. The number of methoxy groups -OCH3 is 1. The highest BCUT2D eigenvalue weighted by Crippen LogP contribution is 2.03. The molecule has 0 amide bonds. The van der Waals surface area contributed by atoms with E-state index in [2.05, 4.69) is 10.1 Å². The molecule has 1 rings (SSSR count). The van der Waals surface area contributed by atoms with E-state index in [4.69, 9.17) is 15.0 Å². The van der Waals surface area contributed by atoms with Crippen molar-refractivity contribution in [2.45, 2.75) is 18.2 Å². The number of aromatic nitrogens is 2. The van der Waals surface area contributed by atoms with Gasteiger partial charge in [0.25, 0.3) is 0 Å². The van der Waals surface area contributed by atoms with E-state index in [1.54, 1.807) is 7.11 Å². The second-order valence-corrected chi connectivity index (χ2v) is 5.73. The molecule has 1 heterocycles. The third-order valence-electron chi connectivity index (χ3n) is 1.72. The largest absolute Gasteiger partial charge is 0.383 e. The van der Waals surface area contributed by atoms with E-state index in [1.165, 1.54) is 0 Å². The van der Waals surface area contributed by atoms with Gasteiger partial charge < -0.3 is 15.0 Å². The van der Waals surface area contributed by atoms with Crippen molar-refractivity contribution in [3.63, 3.8) is 0 Å². The first-order chi connectivity index (χ1) is 7.40. The summed E-state index contributed by atoms with van der Waals surface area (Å²) < 4.78 is 31.7. The Morgan fingerprint density at radius 3 is 2.81 bits per heavy atom. The van der Waals surface area contributed by atoms with Crippen LogP contribution in [0.4, 0.5) is 0 Å². The summed E-state index contributed by atoms with van der Waals surface area (Å²) in [5.74, 6) is 0.251. The predicted octanol–water partition coefficient (Wildman–Crippen LogP) is -0.870. The number of hydrogen-bond acceptors (Lipinski definition) is 7. The zero-order chi connectivity index (χ0) is 12.2. The molecule has 0 aliphatic carbocycles. The molecule has 1 atom stereocenters.